The van der Waals surface area contributed by atoms with E-state index in [0.29, 0.717) is 25.4 Å². The third-order valence-corrected chi connectivity index (χ3v) is 10.4. The topological polar surface area (TPSA) is 96.7 Å². The number of nitrogens with one attached hydrogen (secondary N) is 2. The number of hydrogen-bond acceptors (Lipinski definition) is 5. The van der Waals surface area contributed by atoms with Crippen molar-refractivity contribution in [2.24, 2.45) is 17.6 Å². The molecule has 7 rings (SSSR count). The van der Waals surface area contributed by atoms with Crippen molar-refractivity contribution in [3.05, 3.63) is 137 Å². The first-order chi connectivity index (χ1) is 23.3. The molecule has 0 aliphatic carbocycles. The van der Waals surface area contributed by atoms with Gasteiger partial charge in [0.15, 0.2) is 0 Å². The summed E-state index contributed by atoms with van der Waals surface area (Å²) in [5, 5.41) is 7.06. The quantitative estimate of drug-likeness (QED) is 0.175. The van der Waals surface area contributed by atoms with Crippen LogP contribution in [0.4, 0.5) is 0 Å². The van der Waals surface area contributed by atoms with Gasteiger partial charge in [0.1, 0.15) is 11.8 Å². The first-order valence-electron chi connectivity index (χ1n) is 17.2. The highest BCUT2D eigenvalue weighted by atomic mass is 16.5. The summed E-state index contributed by atoms with van der Waals surface area (Å²) in [4.78, 5) is 29.2. The van der Waals surface area contributed by atoms with Crippen molar-refractivity contribution in [2.45, 2.75) is 63.2 Å². The zero-order valence-electron chi connectivity index (χ0n) is 28.2. The molecule has 48 heavy (non-hydrogen) atoms. The summed E-state index contributed by atoms with van der Waals surface area (Å²) >= 11 is 0. The minimum Gasteiger partial charge on any atom is -0.496 e. The highest BCUT2D eigenvalue weighted by Crippen LogP contribution is 2.44. The number of piperidine rings is 3. The van der Waals surface area contributed by atoms with Crippen molar-refractivity contribution in [3.8, 4) is 5.75 Å². The number of rotatable bonds is 13. The van der Waals surface area contributed by atoms with E-state index in [-0.39, 0.29) is 35.7 Å². The summed E-state index contributed by atoms with van der Waals surface area (Å²) in [6.45, 7) is 6.54. The molecule has 0 aromatic heterocycles. The Kier molecular flexibility index (Phi) is 10.6. The lowest BCUT2D eigenvalue weighted by Gasteiger charge is -2.56. The number of hydrogen-bond donors (Lipinski definition) is 3. The second-order valence-electron chi connectivity index (χ2n) is 13.6. The highest BCUT2D eigenvalue weighted by molar-refractivity contribution is 5.88. The monoisotopic (exact) mass is 644 g/mol. The molecule has 4 aromatic rings. The first kappa shape index (κ1) is 33.4. The molecule has 250 valence electrons. The lowest BCUT2D eigenvalue weighted by Crippen LogP contribution is -2.69. The average Bonchev–Trinajstić information content (AvgIpc) is 3.12. The van der Waals surface area contributed by atoms with Crippen molar-refractivity contribution in [2.75, 3.05) is 20.2 Å². The van der Waals surface area contributed by atoms with Crippen molar-refractivity contribution in [1.29, 1.82) is 0 Å². The lowest BCUT2D eigenvalue weighted by atomic mass is 9.66. The predicted octanol–water partition coefficient (Wildman–Crippen LogP) is 5.64. The molecule has 3 aliphatic heterocycles. The lowest BCUT2D eigenvalue weighted by molar-refractivity contribution is -0.138. The Morgan fingerprint density at radius 2 is 1.50 bits per heavy atom. The van der Waals surface area contributed by atoms with Gasteiger partial charge in [0.25, 0.3) is 0 Å². The number of methoxy groups -OCH3 is 1. The smallest absolute Gasteiger partial charge is 0.240 e. The fraction of sp³-hybridized carbons (Fsp3) is 0.366. The Labute approximate surface area is 284 Å². The van der Waals surface area contributed by atoms with Crippen molar-refractivity contribution in [3.63, 3.8) is 0 Å². The molecule has 6 unspecified atom stereocenters. The van der Waals surface area contributed by atoms with Crippen LogP contribution in [0.3, 0.4) is 0 Å². The number of carbonyl (C=O) groups is 2. The summed E-state index contributed by atoms with van der Waals surface area (Å²) in [5.41, 5.74) is 11.7. The van der Waals surface area contributed by atoms with E-state index in [2.05, 4.69) is 108 Å². The van der Waals surface area contributed by atoms with E-state index in [4.69, 9.17) is 10.5 Å². The van der Waals surface area contributed by atoms with Crippen LogP contribution < -0.4 is 21.1 Å². The second kappa shape index (κ2) is 15.2. The standard InChI is InChI=1S/C41H48N4O3/c1-27(2)31-19-20-36(48-3)32(24-31)25-43-38-33-21-22-45(39(38)37(29-15-9-5-10-16-29)30-17-11-6-12-18-30)26-34(33)41(47)44-35(40(42)46)23-28-13-7-4-8-14-28/h4-20,24,27,33-35,37-39,43H,21-23,25-26H2,1-3H3,(H2,42,46)(H,44,47). The van der Waals surface area contributed by atoms with E-state index in [0.717, 1.165) is 29.8 Å². The summed E-state index contributed by atoms with van der Waals surface area (Å²) in [6, 6.07) is 36.9. The number of fused-ring (bicyclic) bond motifs is 3. The van der Waals surface area contributed by atoms with Gasteiger partial charge in [0.05, 0.1) is 13.0 Å². The Balaban J connectivity index is 1.34. The van der Waals surface area contributed by atoms with E-state index in [1.807, 2.05) is 30.3 Å². The van der Waals surface area contributed by atoms with Gasteiger partial charge in [-0.05, 0) is 53.1 Å². The number of amides is 2. The normalized spacial score (nSPS) is 22.4. The Bertz CT molecular complexity index is 1620. The number of nitrogens with two attached hydrogens (primary N) is 1. The van der Waals surface area contributed by atoms with Gasteiger partial charge in [0, 0.05) is 43.1 Å². The van der Waals surface area contributed by atoms with E-state index >= 15 is 0 Å². The molecule has 7 nitrogen and oxygen atoms in total. The van der Waals surface area contributed by atoms with Crippen LogP contribution in [0.5, 0.6) is 5.75 Å². The molecule has 3 heterocycles. The molecule has 0 radical (unpaired) electrons. The van der Waals surface area contributed by atoms with Crippen LogP contribution >= 0.6 is 0 Å². The zero-order chi connectivity index (χ0) is 33.6. The van der Waals surface area contributed by atoms with Crippen LogP contribution in [0.1, 0.15) is 59.9 Å². The van der Waals surface area contributed by atoms with Crippen LogP contribution in [-0.2, 0) is 22.6 Å². The van der Waals surface area contributed by atoms with Gasteiger partial charge in [0.2, 0.25) is 11.8 Å². The predicted molar refractivity (Wildman–Crippen MR) is 191 cm³/mol. The van der Waals surface area contributed by atoms with Crippen molar-refractivity contribution >= 4 is 11.8 Å². The van der Waals surface area contributed by atoms with Gasteiger partial charge < -0.3 is 21.1 Å². The molecular formula is C41H48N4O3. The Hall–Kier alpha value is -4.46. The van der Waals surface area contributed by atoms with Gasteiger partial charge in [-0.2, -0.15) is 0 Å². The van der Waals surface area contributed by atoms with Gasteiger partial charge in [-0.15, -0.1) is 0 Å². The second-order valence-corrected chi connectivity index (χ2v) is 13.6. The number of ether oxygens (including phenoxy) is 1. The Morgan fingerprint density at radius 3 is 2.08 bits per heavy atom. The van der Waals surface area contributed by atoms with Crippen LogP contribution in [0.2, 0.25) is 0 Å². The maximum Gasteiger partial charge on any atom is 0.240 e. The van der Waals surface area contributed by atoms with Gasteiger partial charge >= 0.3 is 0 Å². The first-order valence-corrected chi connectivity index (χ1v) is 17.2. The SMILES string of the molecule is COc1ccc(C(C)C)cc1CNC1C2CCN(CC2C(=O)NC(Cc2ccccc2)C(N)=O)C1C(c1ccccc1)c1ccccc1. The third kappa shape index (κ3) is 7.33. The van der Waals surface area contributed by atoms with E-state index in [1.165, 1.54) is 16.7 Å². The minimum absolute atomic E-state index is 0.0118. The Morgan fingerprint density at radius 1 is 0.875 bits per heavy atom. The average molecular weight is 645 g/mol. The molecule has 2 amide bonds. The van der Waals surface area contributed by atoms with Crippen LogP contribution in [-0.4, -0.2) is 55.0 Å². The van der Waals surface area contributed by atoms with Crippen LogP contribution in [0, 0.1) is 11.8 Å². The summed E-state index contributed by atoms with van der Waals surface area (Å²) in [6.07, 6.45) is 1.25. The maximum absolute atomic E-state index is 14.2. The largest absolute Gasteiger partial charge is 0.496 e. The van der Waals surface area contributed by atoms with Gasteiger partial charge in [-0.25, -0.2) is 0 Å². The molecular weight excluding hydrogens is 596 g/mol. The maximum atomic E-state index is 14.2. The molecule has 4 N–H and O–H groups in total. The molecule has 2 bridgehead atoms. The summed E-state index contributed by atoms with van der Waals surface area (Å²) in [5.74, 6) is 0.475. The zero-order valence-corrected chi connectivity index (χ0v) is 28.2. The molecule has 0 spiro atoms. The molecule has 4 aromatic carbocycles. The van der Waals surface area contributed by atoms with E-state index < -0.39 is 11.9 Å². The molecule has 0 saturated carbocycles. The van der Waals surface area contributed by atoms with Crippen molar-refractivity contribution < 1.29 is 14.3 Å². The highest BCUT2D eigenvalue weighted by Gasteiger charge is 2.52. The molecule has 3 saturated heterocycles. The minimum atomic E-state index is -0.776. The number of benzene rings is 4. The number of carbonyl (C=O) groups excluding carboxylic acids is 2. The molecule has 3 aliphatic rings. The van der Waals surface area contributed by atoms with E-state index in [1.54, 1.807) is 7.11 Å². The molecule has 3 fully saturated rings. The van der Waals surface area contributed by atoms with E-state index in [9.17, 15) is 9.59 Å². The number of primary amides is 1. The summed E-state index contributed by atoms with van der Waals surface area (Å²) in [7, 11) is 1.72. The molecule has 6 atom stereocenters. The van der Waals surface area contributed by atoms with Gasteiger partial charge in [-0.3, -0.25) is 14.5 Å². The van der Waals surface area contributed by atoms with Crippen LogP contribution in [0.25, 0.3) is 0 Å². The van der Waals surface area contributed by atoms with Crippen molar-refractivity contribution in [1.82, 2.24) is 15.5 Å². The fourth-order valence-corrected chi connectivity index (χ4v) is 7.93. The van der Waals surface area contributed by atoms with Gasteiger partial charge in [-0.1, -0.05) is 117 Å². The molecule has 7 heteroatoms. The summed E-state index contributed by atoms with van der Waals surface area (Å²) < 4.78 is 5.81. The fourth-order valence-electron chi connectivity index (χ4n) is 7.93. The number of nitrogens with zero attached hydrogens (tertiary/aromatic N) is 1. The van der Waals surface area contributed by atoms with Crippen LogP contribution in [0.15, 0.2) is 109 Å². The third-order valence-electron chi connectivity index (χ3n) is 10.4.